The summed E-state index contributed by atoms with van der Waals surface area (Å²) in [7, 11) is -0.775. The molecule has 2 heterocycles. The minimum absolute atomic E-state index is 0.217. The lowest BCUT2D eigenvalue weighted by atomic mass is 9.95. The molecule has 8 heteroatoms. The number of aromatic nitrogens is 3. The van der Waals surface area contributed by atoms with E-state index in [1.54, 1.807) is 0 Å². The summed E-state index contributed by atoms with van der Waals surface area (Å²) in [5, 5.41) is 9.93. The van der Waals surface area contributed by atoms with Crippen LogP contribution in [0.25, 0.3) is 16.2 Å². The average molecular weight is 409 g/mol. The third-order valence-electron chi connectivity index (χ3n) is 4.82. The molecule has 4 rings (SSSR count). The van der Waals surface area contributed by atoms with Crippen molar-refractivity contribution in [2.45, 2.75) is 43.9 Å². The first-order chi connectivity index (χ1) is 12.6. The van der Waals surface area contributed by atoms with E-state index in [0.29, 0.717) is 10.8 Å². The highest BCUT2D eigenvalue weighted by Crippen LogP contribution is 2.29. The summed E-state index contributed by atoms with van der Waals surface area (Å²) < 4.78 is 14.2. The van der Waals surface area contributed by atoms with Gasteiger partial charge in [0.25, 0.3) is 0 Å². The van der Waals surface area contributed by atoms with E-state index in [2.05, 4.69) is 15.4 Å². The van der Waals surface area contributed by atoms with Crippen LogP contribution in [0.1, 0.15) is 32.6 Å². The number of benzene rings is 1. The highest BCUT2D eigenvalue weighted by Gasteiger charge is 2.29. The van der Waals surface area contributed by atoms with Crippen LogP contribution in [-0.2, 0) is 10.8 Å². The van der Waals surface area contributed by atoms with Gasteiger partial charge in [-0.3, -0.25) is 4.21 Å². The summed E-state index contributed by atoms with van der Waals surface area (Å²) in [6, 6.07) is 7.88. The molecule has 1 fully saturated rings. The first-order valence-corrected chi connectivity index (χ1v) is 11.5. The van der Waals surface area contributed by atoms with Crippen molar-refractivity contribution in [3.8, 4) is 11.3 Å². The fourth-order valence-corrected chi connectivity index (χ4v) is 5.86. The van der Waals surface area contributed by atoms with Crippen molar-refractivity contribution in [1.29, 1.82) is 0 Å². The van der Waals surface area contributed by atoms with Gasteiger partial charge in [-0.15, -0.1) is 5.10 Å². The molecule has 138 valence electrons. The largest absolute Gasteiger partial charge is 0.356 e. The minimum atomic E-state index is -0.775. The predicted molar refractivity (Wildman–Crippen MR) is 110 cm³/mol. The predicted octanol–water partition coefficient (Wildman–Crippen LogP) is 4.60. The Bertz CT molecular complexity index is 890. The SMILES string of the molecule is CCS(=O)C1CCCCC1Nc1nn2cc(-c3ccc(Cl)cc3)nc2s1. The maximum Gasteiger partial charge on any atom is 0.214 e. The third-order valence-corrected chi connectivity index (χ3v) is 7.73. The zero-order valence-corrected chi connectivity index (χ0v) is 16.9. The molecule has 26 heavy (non-hydrogen) atoms. The van der Waals surface area contributed by atoms with Gasteiger partial charge >= 0.3 is 0 Å². The van der Waals surface area contributed by atoms with Crippen molar-refractivity contribution in [1.82, 2.24) is 14.6 Å². The van der Waals surface area contributed by atoms with Gasteiger partial charge in [-0.1, -0.05) is 54.8 Å². The fourth-order valence-electron chi connectivity index (χ4n) is 3.47. The molecule has 5 nitrogen and oxygen atoms in total. The molecule has 1 aliphatic carbocycles. The Morgan fingerprint density at radius 2 is 2.08 bits per heavy atom. The number of fused-ring (bicyclic) bond motifs is 1. The number of hydrogen-bond donors (Lipinski definition) is 1. The molecule has 0 amide bonds. The molecule has 0 spiro atoms. The van der Waals surface area contributed by atoms with E-state index in [9.17, 15) is 4.21 Å². The van der Waals surface area contributed by atoms with E-state index in [0.717, 1.165) is 34.2 Å². The normalized spacial score (nSPS) is 21.8. The summed E-state index contributed by atoms with van der Waals surface area (Å²) >= 11 is 7.48. The van der Waals surface area contributed by atoms with Crippen molar-refractivity contribution < 1.29 is 4.21 Å². The van der Waals surface area contributed by atoms with Crippen molar-refractivity contribution in [2.24, 2.45) is 0 Å². The average Bonchev–Trinajstić information content (AvgIpc) is 3.20. The number of halogens is 1. The van der Waals surface area contributed by atoms with Crippen LogP contribution in [0.4, 0.5) is 5.13 Å². The topological polar surface area (TPSA) is 59.3 Å². The van der Waals surface area contributed by atoms with Crippen molar-refractivity contribution in [3.63, 3.8) is 0 Å². The standard InChI is InChI=1S/C18H21ClN4OS2/c1-2-26(24)16-6-4-3-5-14(16)20-17-22-23-11-15(21-18(23)25-17)12-7-9-13(19)10-8-12/h7-11,14,16H,2-6H2,1H3,(H,20,22). The lowest BCUT2D eigenvalue weighted by Gasteiger charge is -2.31. The zero-order chi connectivity index (χ0) is 18.1. The number of anilines is 1. The molecule has 3 unspecified atom stereocenters. The number of rotatable bonds is 5. The maximum atomic E-state index is 12.3. The highest BCUT2D eigenvalue weighted by molar-refractivity contribution is 7.85. The molecule has 2 aromatic heterocycles. The summed E-state index contributed by atoms with van der Waals surface area (Å²) in [4.78, 5) is 5.52. The van der Waals surface area contributed by atoms with Crippen molar-refractivity contribution in [2.75, 3.05) is 11.1 Å². The van der Waals surface area contributed by atoms with Gasteiger partial charge in [-0.2, -0.15) is 0 Å². The van der Waals surface area contributed by atoms with Gasteiger partial charge < -0.3 is 5.32 Å². The number of hydrogen-bond acceptors (Lipinski definition) is 5. The Balaban J connectivity index is 1.53. The molecule has 1 aliphatic rings. The van der Waals surface area contributed by atoms with E-state index >= 15 is 0 Å². The maximum absolute atomic E-state index is 12.3. The van der Waals surface area contributed by atoms with Crippen LogP contribution in [0, 0.1) is 0 Å². The van der Waals surface area contributed by atoms with E-state index in [1.165, 1.54) is 24.2 Å². The van der Waals surface area contributed by atoms with E-state index in [-0.39, 0.29) is 11.3 Å². The van der Waals surface area contributed by atoms with Gasteiger partial charge in [-0.25, -0.2) is 9.50 Å². The van der Waals surface area contributed by atoms with Crippen LogP contribution >= 0.6 is 22.9 Å². The Kier molecular flexibility index (Phi) is 5.29. The molecule has 0 radical (unpaired) electrons. The third kappa shape index (κ3) is 3.66. The molecule has 3 aromatic rings. The lowest BCUT2D eigenvalue weighted by Crippen LogP contribution is -2.40. The van der Waals surface area contributed by atoms with Crippen LogP contribution in [0.5, 0.6) is 0 Å². The zero-order valence-electron chi connectivity index (χ0n) is 14.5. The molecule has 0 saturated heterocycles. The molecular weight excluding hydrogens is 388 g/mol. The van der Waals surface area contributed by atoms with E-state index in [4.69, 9.17) is 11.6 Å². The van der Waals surface area contributed by atoms with Gasteiger partial charge in [0.15, 0.2) is 0 Å². The number of imidazole rings is 1. The molecule has 1 N–H and O–H groups in total. The minimum Gasteiger partial charge on any atom is -0.356 e. The molecule has 1 saturated carbocycles. The van der Waals surface area contributed by atoms with Gasteiger partial charge in [0.05, 0.1) is 17.1 Å². The van der Waals surface area contributed by atoms with E-state index < -0.39 is 10.8 Å². The van der Waals surface area contributed by atoms with Crippen molar-refractivity contribution >= 4 is 43.8 Å². The second-order valence-electron chi connectivity index (χ2n) is 6.51. The van der Waals surface area contributed by atoms with Gasteiger partial charge in [0, 0.05) is 33.2 Å². The Hall–Kier alpha value is -1.44. The molecule has 0 bridgehead atoms. The summed E-state index contributed by atoms with van der Waals surface area (Å²) in [5.74, 6) is 0.717. The van der Waals surface area contributed by atoms with Crippen molar-refractivity contribution in [3.05, 3.63) is 35.5 Å². The fraction of sp³-hybridized carbons (Fsp3) is 0.444. The van der Waals surface area contributed by atoms with Crippen LogP contribution in [0.3, 0.4) is 0 Å². The molecular formula is C18H21ClN4OS2. The molecule has 1 aromatic carbocycles. The summed E-state index contributed by atoms with van der Waals surface area (Å²) in [6.07, 6.45) is 6.36. The second-order valence-corrected chi connectivity index (χ2v) is 9.85. The smallest absolute Gasteiger partial charge is 0.214 e. The van der Waals surface area contributed by atoms with Crippen LogP contribution in [0.2, 0.25) is 5.02 Å². The Morgan fingerprint density at radius 3 is 2.81 bits per heavy atom. The monoisotopic (exact) mass is 408 g/mol. The molecule has 0 aliphatic heterocycles. The van der Waals surface area contributed by atoms with Gasteiger partial charge in [-0.05, 0) is 25.0 Å². The quantitative estimate of drug-likeness (QED) is 0.670. The number of nitrogens with zero attached hydrogens (tertiary/aromatic N) is 3. The first-order valence-electron chi connectivity index (χ1n) is 8.90. The highest BCUT2D eigenvalue weighted by atomic mass is 35.5. The first kappa shape index (κ1) is 17.9. The van der Waals surface area contributed by atoms with Gasteiger partial charge in [0.1, 0.15) is 0 Å². The lowest BCUT2D eigenvalue weighted by molar-refractivity contribution is 0.465. The van der Waals surface area contributed by atoms with Crippen LogP contribution in [-0.4, -0.2) is 35.9 Å². The second kappa shape index (κ2) is 7.66. The summed E-state index contributed by atoms with van der Waals surface area (Å²) in [6.45, 7) is 2.00. The van der Waals surface area contributed by atoms with Crippen LogP contribution < -0.4 is 5.32 Å². The van der Waals surface area contributed by atoms with Gasteiger partial charge in [0.2, 0.25) is 10.1 Å². The van der Waals surface area contributed by atoms with E-state index in [1.807, 2.05) is 41.9 Å². The molecule has 3 atom stereocenters. The number of nitrogens with one attached hydrogen (secondary N) is 1. The summed E-state index contributed by atoms with van der Waals surface area (Å²) in [5.41, 5.74) is 1.90. The Labute approximate surface area is 164 Å². The van der Waals surface area contributed by atoms with Crippen LogP contribution in [0.15, 0.2) is 30.5 Å². The Morgan fingerprint density at radius 1 is 1.31 bits per heavy atom.